The number of ether oxygens (including phenoxy) is 1. The van der Waals surface area contributed by atoms with Crippen molar-refractivity contribution in [3.63, 3.8) is 0 Å². The number of hydrogen-bond donors (Lipinski definition) is 2. The van der Waals surface area contributed by atoms with E-state index in [1.807, 2.05) is 24.3 Å². The van der Waals surface area contributed by atoms with Crippen LogP contribution in [0.25, 0.3) is 0 Å². The first kappa shape index (κ1) is 14.7. The summed E-state index contributed by atoms with van der Waals surface area (Å²) in [6, 6.07) is 7.95. The fourth-order valence-electron chi connectivity index (χ4n) is 2.77. The molecule has 1 saturated carbocycles. The number of benzene rings is 1. The van der Waals surface area contributed by atoms with E-state index in [2.05, 4.69) is 17.6 Å². The van der Waals surface area contributed by atoms with E-state index in [1.165, 1.54) is 19.3 Å². The third-order valence-corrected chi connectivity index (χ3v) is 4.06. The van der Waals surface area contributed by atoms with Gasteiger partial charge in [0.1, 0.15) is 5.75 Å². The molecule has 0 bridgehead atoms. The molecule has 2 rings (SSSR count). The average molecular weight is 276 g/mol. The van der Waals surface area contributed by atoms with Gasteiger partial charge in [-0.2, -0.15) is 0 Å². The van der Waals surface area contributed by atoms with Gasteiger partial charge in [0.25, 0.3) is 0 Å². The summed E-state index contributed by atoms with van der Waals surface area (Å²) in [5.41, 5.74) is 0.988. The summed E-state index contributed by atoms with van der Waals surface area (Å²) in [6.45, 7) is 2.70. The predicted molar refractivity (Wildman–Crippen MR) is 79.8 cm³/mol. The highest BCUT2D eigenvalue weighted by Gasteiger charge is 2.22. The summed E-state index contributed by atoms with van der Waals surface area (Å²) >= 11 is 0. The molecule has 0 unspecified atom stereocenters. The van der Waals surface area contributed by atoms with Crippen LogP contribution in [0, 0.1) is 5.92 Å². The number of hydrogen-bond acceptors (Lipinski definition) is 2. The van der Waals surface area contributed by atoms with Crippen LogP contribution in [-0.4, -0.2) is 19.2 Å². The Balaban J connectivity index is 1.82. The maximum Gasteiger partial charge on any atom is 0.315 e. The van der Waals surface area contributed by atoms with Gasteiger partial charge in [0.15, 0.2) is 0 Å². The molecule has 110 valence electrons. The summed E-state index contributed by atoms with van der Waals surface area (Å²) in [7, 11) is 1.64. The summed E-state index contributed by atoms with van der Waals surface area (Å²) in [4.78, 5) is 12.0. The van der Waals surface area contributed by atoms with Crippen molar-refractivity contribution >= 4 is 6.03 Å². The number of carbonyl (C=O) groups is 1. The quantitative estimate of drug-likeness (QED) is 0.888. The van der Waals surface area contributed by atoms with Gasteiger partial charge in [-0.25, -0.2) is 4.79 Å². The van der Waals surface area contributed by atoms with Crippen molar-refractivity contribution in [2.45, 2.75) is 45.2 Å². The molecule has 1 aliphatic carbocycles. The molecule has 0 radical (unpaired) electrons. The zero-order chi connectivity index (χ0) is 14.4. The highest BCUT2D eigenvalue weighted by molar-refractivity contribution is 5.74. The highest BCUT2D eigenvalue weighted by Crippen LogP contribution is 2.23. The van der Waals surface area contributed by atoms with Gasteiger partial charge in [0, 0.05) is 18.2 Å². The molecule has 1 fully saturated rings. The number of nitrogens with one attached hydrogen (secondary N) is 2. The van der Waals surface area contributed by atoms with Crippen LogP contribution < -0.4 is 15.4 Å². The lowest BCUT2D eigenvalue weighted by Gasteiger charge is -2.29. The second kappa shape index (κ2) is 7.17. The van der Waals surface area contributed by atoms with Crippen LogP contribution in [0.2, 0.25) is 0 Å². The molecule has 2 N–H and O–H groups in total. The minimum atomic E-state index is -0.0883. The maximum absolute atomic E-state index is 12.0. The summed E-state index contributed by atoms with van der Waals surface area (Å²) in [5, 5.41) is 6.00. The fourth-order valence-corrected chi connectivity index (χ4v) is 2.77. The molecular weight excluding hydrogens is 252 g/mol. The molecule has 0 saturated heterocycles. The molecule has 4 heteroatoms. The first-order chi connectivity index (χ1) is 9.70. The Labute approximate surface area is 120 Å². The van der Waals surface area contributed by atoms with E-state index in [0.29, 0.717) is 18.5 Å². The molecule has 2 amide bonds. The summed E-state index contributed by atoms with van der Waals surface area (Å²) in [6.07, 6.45) is 4.78. The van der Waals surface area contributed by atoms with Crippen LogP contribution in [-0.2, 0) is 6.54 Å². The largest absolute Gasteiger partial charge is 0.496 e. The molecule has 0 spiro atoms. The van der Waals surface area contributed by atoms with Gasteiger partial charge in [-0.1, -0.05) is 38.0 Å². The van der Waals surface area contributed by atoms with E-state index in [1.54, 1.807) is 7.11 Å². The van der Waals surface area contributed by atoms with Crippen LogP contribution in [0.1, 0.15) is 38.2 Å². The Hall–Kier alpha value is -1.71. The summed E-state index contributed by atoms with van der Waals surface area (Å²) < 4.78 is 5.27. The summed E-state index contributed by atoms with van der Waals surface area (Å²) in [5.74, 6) is 1.37. The maximum atomic E-state index is 12.0. The number of para-hydroxylation sites is 1. The number of urea groups is 1. The first-order valence-corrected chi connectivity index (χ1v) is 7.37. The lowest BCUT2D eigenvalue weighted by atomic mass is 9.86. The Morgan fingerprint density at radius 1 is 1.30 bits per heavy atom. The van der Waals surface area contributed by atoms with E-state index in [4.69, 9.17) is 4.74 Å². The second-order valence-electron chi connectivity index (χ2n) is 5.51. The fraction of sp³-hybridized carbons (Fsp3) is 0.562. The van der Waals surface area contributed by atoms with Crippen molar-refractivity contribution in [1.29, 1.82) is 0 Å². The topological polar surface area (TPSA) is 50.4 Å². The monoisotopic (exact) mass is 276 g/mol. The second-order valence-corrected chi connectivity index (χ2v) is 5.51. The number of carbonyl (C=O) groups excluding carboxylic acids is 1. The Kier molecular flexibility index (Phi) is 5.27. The number of rotatable bonds is 4. The van der Waals surface area contributed by atoms with E-state index >= 15 is 0 Å². The molecule has 0 aliphatic heterocycles. The average Bonchev–Trinajstić information content (AvgIpc) is 2.48. The Morgan fingerprint density at radius 3 is 2.80 bits per heavy atom. The highest BCUT2D eigenvalue weighted by atomic mass is 16.5. The predicted octanol–water partition coefficient (Wildman–Crippen LogP) is 3.07. The number of methoxy groups -OCH3 is 1. The molecule has 4 nitrogen and oxygen atoms in total. The van der Waals surface area contributed by atoms with E-state index in [0.717, 1.165) is 17.7 Å². The van der Waals surface area contributed by atoms with Gasteiger partial charge >= 0.3 is 6.03 Å². The molecule has 20 heavy (non-hydrogen) atoms. The molecule has 2 atom stereocenters. The standard InChI is InChI=1S/C16H24N2O2/c1-12-7-3-5-9-14(12)18-16(19)17-11-13-8-4-6-10-15(13)20-2/h4,6,8,10,12,14H,3,5,7,9,11H2,1-2H3,(H2,17,18,19)/t12-,14+/m0/s1. The van der Waals surface area contributed by atoms with Gasteiger partial charge in [-0.05, 0) is 24.8 Å². The van der Waals surface area contributed by atoms with E-state index in [-0.39, 0.29) is 6.03 Å². The normalized spacial score (nSPS) is 22.1. The van der Waals surface area contributed by atoms with Gasteiger partial charge < -0.3 is 15.4 Å². The van der Waals surface area contributed by atoms with Crippen molar-refractivity contribution in [1.82, 2.24) is 10.6 Å². The van der Waals surface area contributed by atoms with Crippen LogP contribution in [0.3, 0.4) is 0 Å². The van der Waals surface area contributed by atoms with Crippen LogP contribution in [0.4, 0.5) is 4.79 Å². The Morgan fingerprint density at radius 2 is 2.05 bits per heavy atom. The van der Waals surface area contributed by atoms with Gasteiger partial charge in [0.2, 0.25) is 0 Å². The van der Waals surface area contributed by atoms with Crippen LogP contribution >= 0.6 is 0 Å². The van der Waals surface area contributed by atoms with E-state index in [9.17, 15) is 4.79 Å². The third-order valence-electron chi connectivity index (χ3n) is 4.06. The van der Waals surface area contributed by atoms with Crippen molar-refractivity contribution < 1.29 is 9.53 Å². The lowest BCUT2D eigenvalue weighted by molar-refractivity contribution is 0.221. The van der Waals surface area contributed by atoms with Crippen molar-refractivity contribution in [3.8, 4) is 5.75 Å². The van der Waals surface area contributed by atoms with Crippen molar-refractivity contribution in [2.75, 3.05) is 7.11 Å². The third kappa shape index (κ3) is 3.89. The van der Waals surface area contributed by atoms with Gasteiger partial charge in [0.05, 0.1) is 7.11 Å². The minimum Gasteiger partial charge on any atom is -0.496 e. The van der Waals surface area contributed by atoms with Crippen molar-refractivity contribution in [3.05, 3.63) is 29.8 Å². The SMILES string of the molecule is COc1ccccc1CNC(=O)N[C@@H]1CCCC[C@@H]1C. The van der Waals surface area contributed by atoms with Crippen molar-refractivity contribution in [2.24, 2.45) is 5.92 Å². The van der Waals surface area contributed by atoms with E-state index < -0.39 is 0 Å². The van der Waals surface area contributed by atoms with Gasteiger partial charge in [-0.3, -0.25) is 0 Å². The smallest absolute Gasteiger partial charge is 0.315 e. The lowest BCUT2D eigenvalue weighted by Crippen LogP contribution is -2.45. The molecule has 0 heterocycles. The molecule has 1 aromatic carbocycles. The minimum absolute atomic E-state index is 0.0883. The zero-order valence-electron chi connectivity index (χ0n) is 12.3. The molecule has 0 aromatic heterocycles. The molecular formula is C16H24N2O2. The van der Waals surface area contributed by atoms with Crippen LogP contribution in [0.15, 0.2) is 24.3 Å². The molecule has 1 aromatic rings. The Bertz CT molecular complexity index is 448. The zero-order valence-corrected chi connectivity index (χ0v) is 12.3. The van der Waals surface area contributed by atoms with Gasteiger partial charge in [-0.15, -0.1) is 0 Å². The first-order valence-electron chi connectivity index (χ1n) is 7.37. The number of amides is 2. The molecule has 1 aliphatic rings. The van der Waals surface area contributed by atoms with Crippen LogP contribution in [0.5, 0.6) is 5.75 Å².